The Labute approximate surface area is 84.4 Å². The van der Waals surface area contributed by atoms with Gasteiger partial charge in [0.1, 0.15) is 18.2 Å². The highest BCUT2D eigenvalue weighted by molar-refractivity contribution is 5.77. The topological polar surface area (TPSA) is 82.8 Å². The molecule has 0 fully saturated rings. The minimum atomic E-state index is 0.383. The van der Waals surface area contributed by atoms with Crippen LogP contribution in [0, 0.1) is 0 Å². The third-order valence-corrected chi connectivity index (χ3v) is 2.02. The van der Waals surface area contributed by atoms with Crippen LogP contribution in [0.1, 0.15) is 0 Å². The SMILES string of the molecule is Nc1ccc2nc(-n3cncn3)oc2c1. The fourth-order valence-corrected chi connectivity index (χ4v) is 1.33. The standard InChI is InChI=1S/C9H7N5O/c10-6-1-2-7-8(3-6)15-9(13-7)14-5-11-4-12-14/h1-5H,10H2. The summed E-state index contributed by atoms with van der Waals surface area (Å²) in [6.07, 6.45) is 2.94. The molecule has 74 valence electrons. The van der Waals surface area contributed by atoms with E-state index in [4.69, 9.17) is 10.2 Å². The Balaban J connectivity index is 2.22. The first-order valence-electron chi connectivity index (χ1n) is 4.34. The van der Waals surface area contributed by atoms with Crippen LogP contribution < -0.4 is 5.73 Å². The van der Waals surface area contributed by atoms with Gasteiger partial charge in [0.15, 0.2) is 5.58 Å². The Morgan fingerprint density at radius 1 is 1.33 bits per heavy atom. The number of anilines is 1. The van der Waals surface area contributed by atoms with E-state index in [1.807, 2.05) is 0 Å². The minimum Gasteiger partial charge on any atom is -0.422 e. The van der Waals surface area contributed by atoms with Gasteiger partial charge in [0.05, 0.1) is 0 Å². The fraction of sp³-hybridized carbons (Fsp3) is 0. The van der Waals surface area contributed by atoms with Crippen LogP contribution in [-0.4, -0.2) is 19.7 Å². The van der Waals surface area contributed by atoms with E-state index in [9.17, 15) is 0 Å². The monoisotopic (exact) mass is 201 g/mol. The lowest BCUT2D eigenvalue weighted by atomic mass is 10.3. The summed E-state index contributed by atoms with van der Waals surface area (Å²) in [5.74, 6) is 0. The van der Waals surface area contributed by atoms with Gasteiger partial charge in [0.25, 0.3) is 0 Å². The molecule has 15 heavy (non-hydrogen) atoms. The maximum atomic E-state index is 5.63. The normalized spacial score (nSPS) is 10.9. The van der Waals surface area contributed by atoms with Crippen molar-refractivity contribution in [3.8, 4) is 6.01 Å². The molecular weight excluding hydrogens is 194 g/mol. The van der Waals surface area contributed by atoms with Crippen LogP contribution in [0.15, 0.2) is 35.3 Å². The molecule has 0 spiro atoms. The highest BCUT2D eigenvalue weighted by Gasteiger charge is 2.07. The van der Waals surface area contributed by atoms with Crippen LogP contribution in [0.4, 0.5) is 5.69 Å². The van der Waals surface area contributed by atoms with Crippen molar-refractivity contribution in [2.24, 2.45) is 0 Å². The fourth-order valence-electron chi connectivity index (χ4n) is 1.33. The second-order valence-electron chi connectivity index (χ2n) is 3.06. The molecule has 0 aliphatic rings. The van der Waals surface area contributed by atoms with Crippen molar-refractivity contribution in [2.45, 2.75) is 0 Å². The van der Waals surface area contributed by atoms with Crippen molar-refractivity contribution in [1.82, 2.24) is 19.7 Å². The molecule has 2 aromatic heterocycles. The van der Waals surface area contributed by atoms with Crippen molar-refractivity contribution in [2.75, 3.05) is 5.73 Å². The molecule has 0 saturated heterocycles. The number of aromatic nitrogens is 4. The average molecular weight is 201 g/mol. The second kappa shape index (κ2) is 2.81. The summed E-state index contributed by atoms with van der Waals surface area (Å²) in [5, 5.41) is 3.92. The Morgan fingerprint density at radius 3 is 3.07 bits per heavy atom. The molecule has 3 aromatic rings. The van der Waals surface area contributed by atoms with Gasteiger partial charge in [0, 0.05) is 11.8 Å². The first-order chi connectivity index (χ1) is 7.33. The Bertz CT molecular complexity index is 598. The maximum absolute atomic E-state index is 5.63. The van der Waals surface area contributed by atoms with E-state index in [1.54, 1.807) is 18.2 Å². The molecule has 0 radical (unpaired) electrons. The lowest BCUT2D eigenvalue weighted by Gasteiger charge is -1.89. The van der Waals surface area contributed by atoms with E-state index in [2.05, 4.69) is 15.1 Å². The summed E-state index contributed by atoms with van der Waals surface area (Å²) >= 11 is 0. The minimum absolute atomic E-state index is 0.383. The van der Waals surface area contributed by atoms with Crippen molar-refractivity contribution < 1.29 is 4.42 Å². The van der Waals surface area contributed by atoms with Gasteiger partial charge < -0.3 is 10.2 Å². The summed E-state index contributed by atoms with van der Waals surface area (Å²) in [4.78, 5) is 8.05. The van der Waals surface area contributed by atoms with Gasteiger partial charge in [-0.15, -0.1) is 0 Å². The van der Waals surface area contributed by atoms with E-state index < -0.39 is 0 Å². The smallest absolute Gasteiger partial charge is 0.325 e. The van der Waals surface area contributed by atoms with Gasteiger partial charge in [-0.3, -0.25) is 0 Å². The molecule has 0 aliphatic heterocycles. The van der Waals surface area contributed by atoms with Gasteiger partial charge in [-0.2, -0.15) is 14.8 Å². The molecule has 0 aliphatic carbocycles. The first kappa shape index (κ1) is 7.98. The number of rotatable bonds is 1. The average Bonchev–Trinajstić information content (AvgIpc) is 2.84. The Morgan fingerprint density at radius 2 is 2.27 bits per heavy atom. The summed E-state index contributed by atoms with van der Waals surface area (Å²) in [6.45, 7) is 0. The number of oxazole rings is 1. The molecule has 6 nitrogen and oxygen atoms in total. The number of benzene rings is 1. The molecule has 2 heterocycles. The van der Waals surface area contributed by atoms with Crippen LogP contribution in [0.25, 0.3) is 17.1 Å². The van der Waals surface area contributed by atoms with Crippen LogP contribution >= 0.6 is 0 Å². The Kier molecular flexibility index (Phi) is 1.49. The molecule has 6 heteroatoms. The third-order valence-electron chi connectivity index (χ3n) is 2.02. The van der Waals surface area contributed by atoms with Crippen molar-refractivity contribution in [3.05, 3.63) is 30.9 Å². The van der Waals surface area contributed by atoms with Crippen LogP contribution in [0.5, 0.6) is 0 Å². The summed E-state index contributed by atoms with van der Waals surface area (Å²) < 4.78 is 6.92. The molecular formula is C9H7N5O. The summed E-state index contributed by atoms with van der Waals surface area (Å²) in [7, 11) is 0. The third kappa shape index (κ3) is 1.23. The highest BCUT2D eigenvalue weighted by atomic mass is 16.4. The second-order valence-corrected chi connectivity index (χ2v) is 3.06. The number of hydrogen-bond acceptors (Lipinski definition) is 5. The number of hydrogen-bond donors (Lipinski definition) is 1. The van der Waals surface area contributed by atoms with Crippen LogP contribution in [0.2, 0.25) is 0 Å². The molecule has 2 N–H and O–H groups in total. The van der Waals surface area contributed by atoms with Crippen LogP contribution in [0.3, 0.4) is 0 Å². The zero-order valence-electron chi connectivity index (χ0n) is 7.66. The van der Waals surface area contributed by atoms with E-state index in [1.165, 1.54) is 17.3 Å². The van der Waals surface area contributed by atoms with Gasteiger partial charge in [0.2, 0.25) is 0 Å². The van der Waals surface area contributed by atoms with Gasteiger partial charge in [-0.05, 0) is 12.1 Å². The molecule has 0 amide bonds. The van der Waals surface area contributed by atoms with Crippen LogP contribution in [-0.2, 0) is 0 Å². The molecule has 0 saturated carbocycles. The first-order valence-corrected chi connectivity index (χ1v) is 4.34. The molecule has 1 aromatic carbocycles. The van der Waals surface area contributed by atoms with Gasteiger partial charge in [-0.25, -0.2) is 4.98 Å². The molecule has 0 atom stereocenters. The lowest BCUT2D eigenvalue weighted by Crippen LogP contribution is -1.93. The van der Waals surface area contributed by atoms with Crippen molar-refractivity contribution in [3.63, 3.8) is 0 Å². The number of nitrogens with two attached hydrogens (primary N) is 1. The summed E-state index contributed by atoms with van der Waals surface area (Å²) in [6, 6.07) is 5.68. The quantitative estimate of drug-likeness (QED) is 0.593. The van der Waals surface area contributed by atoms with E-state index in [0.717, 1.165) is 5.52 Å². The number of nitrogens with zero attached hydrogens (tertiary/aromatic N) is 4. The zero-order chi connectivity index (χ0) is 10.3. The van der Waals surface area contributed by atoms with Crippen molar-refractivity contribution >= 4 is 16.8 Å². The van der Waals surface area contributed by atoms with Gasteiger partial charge in [-0.1, -0.05) is 0 Å². The lowest BCUT2D eigenvalue weighted by molar-refractivity contribution is 0.542. The van der Waals surface area contributed by atoms with E-state index in [-0.39, 0.29) is 0 Å². The maximum Gasteiger partial charge on any atom is 0.325 e. The van der Waals surface area contributed by atoms with Crippen molar-refractivity contribution in [1.29, 1.82) is 0 Å². The predicted octanol–water partition coefficient (Wildman–Crippen LogP) is 0.991. The number of nitrogen functional groups attached to an aromatic ring is 1. The summed E-state index contributed by atoms with van der Waals surface area (Å²) in [5.41, 5.74) is 7.66. The predicted molar refractivity (Wildman–Crippen MR) is 53.3 cm³/mol. The molecule has 0 unspecified atom stereocenters. The van der Waals surface area contributed by atoms with Gasteiger partial charge >= 0.3 is 6.01 Å². The largest absolute Gasteiger partial charge is 0.422 e. The molecule has 0 bridgehead atoms. The van der Waals surface area contributed by atoms with E-state index in [0.29, 0.717) is 17.3 Å². The molecule has 3 rings (SSSR count). The Hall–Kier alpha value is -2.37. The van der Waals surface area contributed by atoms with E-state index >= 15 is 0 Å². The number of fused-ring (bicyclic) bond motifs is 1. The zero-order valence-corrected chi connectivity index (χ0v) is 7.66. The highest BCUT2D eigenvalue weighted by Crippen LogP contribution is 2.19.